The molecule has 0 saturated carbocycles. The molecule has 4 nitrogen and oxygen atoms in total. The van der Waals surface area contributed by atoms with E-state index in [9.17, 15) is 22.8 Å². The van der Waals surface area contributed by atoms with Crippen molar-refractivity contribution in [3.8, 4) is 0 Å². The molecule has 3 rings (SSSR count). The zero-order chi connectivity index (χ0) is 22.3. The molecule has 3 aromatic carbocycles. The van der Waals surface area contributed by atoms with Crippen LogP contribution in [0.2, 0.25) is 0 Å². The van der Waals surface area contributed by atoms with Crippen molar-refractivity contribution in [1.82, 2.24) is 0 Å². The summed E-state index contributed by atoms with van der Waals surface area (Å²) in [7, 11) is 0. The number of carbonyl (C=O) groups excluding carboxylic acids is 2. The molecule has 1 amide bonds. The maximum Gasteiger partial charge on any atom is 0.416 e. The van der Waals surface area contributed by atoms with E-state index in [2.05, 4.69) is 5.32 Å². The summed E-state index contributed by atoms with van der Waals surface area (Å²) in [5.41, 5.74) is 0.193. The summed E-state index contributed by atoms with van der Waals surface area (Å²) in [4.78, 5) is 25.1. The first kappa shape index (κ1) is 21.8. The molecule has 0 saturated heterocycles. The Kier molecular flexibility index (Phi) is 6.87. The minimum atomic E-state index is -4.55. The van der Waals surface area contributed by atoms with E-state index in [4.69, 9.17) is 4.74 Å². The summed E-state index contributed by atoms with van der Waals surface area (Å²) in [6.07, 6.45) is -3.17. The van der Waals surface area contributed by atoms with Crippen molar-refractivity contribution in [2.24, 2.45) is 0 Å². The highest BCUT2D eigenvalue weighted by Gasteiger charge is 2.31. The first-order valence-electron chi connectivity index (χ1n) is 9.30. The molecule has 158 valence electrons. The topological polar surface area (TPSA) is 55.4 Å². The van der Waals surface area contributed by atoms with Crippen molar-refractivity contribution in [1.29, 1.82) is 0 Å². The predicted molar refractivity (Wildman–Crippen MR) is 111 cm³/mol. The Bertz CT molecular complexity index is 1060. The molecular formula is C24H18F3NO3. The molecule has 3 aromatic rings. The van der Waals surface area contributed by atoms with Crippen LogP contribution in [0.25, 0.3) is 6.08 Å². The molecule has 0 aliphatic heterocycles. The van der Waals surface area contributed by atoms with E-state index in [1.165, 1.54) is 24.3 Å². The van der Waals surface area contributed by atoms with Gasteiger partial charge in [-0.3, -0.25) is 4.79 Å². The van der Waals surface area contributed by atoms with Crippen LogP contribution in [-0.2, 0) is 20.5 Å². The normalized spacial score (nSPS) is 12.4. The zero-order valence-corrected chi connectivity index (χ0v) is 16.2. The van der Waals surface area contributed by atoms with Gasteiger partial charge in [-0.05, 0) is 29.8 Å². The molecule has 0 aromatic heterocycles. The zero-order valence-electron chi connectivity index (χ0n) is 16.2. The molecule has 1 N–H and O–H groups in total. The van der Waals surface area contributed by atoms with Gasteiger partial charge in [0.15, 0.2) is 0 Å². The van der Waals surface area contributed by atoms with E-state index in [0.717, 1.165) is 17.7 Å². The predicted octanol–water partition coefficient (Wildman–Crippen LogP) is 5.64. The minimum Gasteiger partial charge on any atom is -0.444 e. The summed E-state index contributed by atoms with van der Waals surface area (Å²) in [6.45, 7) is 0. The Morgan fingerprint density at radius 1 is 0.871 bits per heavy atom. The van der Waals surface area contributed by atoms with Crippen LogP contribution in [0.5, 0.6) is 0 Å². The average Bonchev–Trinajstić information content (AvgIpc) is 2.77. The van der Waals surface area contributed by atoms with Gasteiger partial charge < -0.3 is 10.1 Å². The third-order valence-electron chi connectivity index (χ3n) is 4.24. The lowest BCUT2D eigenvalue weighted by Gasteiger charge is -2.18. The highest BCUT2D eigenvalue weighted by molar-refractivity contribution is 5.97. The fraction of sp³-hybridized carbons (Fsp3) is 0.0833. The number of hydrogen-bond donors (Lipinski definition) is 1. The molecule has 0 aliphatic rings. The lowest BCUT2D eigenvalue weighted by Crippen LogP contribution is -2.25. The van der Waals surface area contributed by atoms with E-state index in [1.54, 1.807) is 54.6 Å². The molecule has 0 fully saturated rings. The maximum atomic E-state index is 12.9. The summed E-state index contributed by atoms with van der Waals surface area (Å²) in [5.74, 6) is -1.54. The minimum absolute atomic E-state index is 0.0587. The molecule has 31 heavy (non-hydrogen) atoms. The van der Waals surface area contributed by atoms with Crippen molar-refractivity contribution in [3.05, 3.63) is 108 Å². The molecule has 0 bridgehead atoms. The van der Waals surface area contributed by atoms with Gasteiger partial charge in [0.1, 0.15) is 0 Å². The summed E-state index contributed by atoms with van der Waals surface area (Å²) >= 11 is 0. The van der Waals surface area contributed by atoms with Crippen LogP contribution < -0.4 is 5.32 Å². The van der Waals surface area contributed by atoms with Crippen LogP contribution >= 0.6 is 0 Å². The van der Waals surface area contributed by atoms with E-state index in [-0.39, 0.29) is 5.69 Å². The Labute approximate surface area is 177 Å². The average molecular weight is 425 g/mol. The second kappa shape index (κ2) is 9.75. The largest absolute Gasteiger partial charge is 0.444 e. The van der Waals surface area contributed by atoms with Crippen molar-refractivity contribution in [2.45, 2.75) is 12.3 Å². The first-order valence-corrected chi connectivity index (χ1v) is 9.30. The number of ether oxygens (including phenoxy) is 1. The fourth-order valence-electron chi connectivity index (χ4n) is 2.77. The van der Waals surface area contributed by atoms with Gasteiger partial charge >= 0.3 is 12.1 Å². The van der Waals surface area contributed by atoms with Gasteiger partial charge in [-0.25, -0.2) is 4.79 Å². The Morgan fingerprint density at radius 3 is 2.16 bits per heavy atom. The number of anilines is 1. The Hall–Kier alpha value is -3.87. The molecule has 0 heterocycles. The van der Waals surface area contributed by atoms with Crippen LogP contribution in [0.1, 0.15) is 22.8 Å². The van der Waals surface area contributed by atoms with Crippen LogP contribution in [0.3, 0.4) is 0 Å². The number of benzene rings is 3. The fourth-order valence-corrected chi connectivity index (χ4v) is 2.77. The van der Waals surface area contributed by atoms with Crippen LogP contribution in [0.4, 0.5) is 18.9 Å². The molecule has 1 atom stereocenters. The second-order valence-electron chi connectivity index (χ2n) is 6.54. The second-order valence-corrected chi connectivity index (χ2v) is 6.54. The summed E-state index contributed by atoms with van der Waals surface area (Å²) in [6, 6.07) is 21.5. The van der Waals surface area contributed by atoms with Gasteiger partial charge in [-0.2, -0.15) is 13.2 Å². The number of hydrogen-bond acceptors (Lipinski definition) is 3. The molecule has 7 heteroatoms. The van der Waals surface area contributed by atoms with Gasteiger partial charge in [-0.15, -0.1) is 0 Å². The third kappa shape index (κ3) is 6.30. The Morgan fingerprint density at radius 2 is 1.52 bits per heavy atom. The monoisotopic (exact) mass is 425 g/mol. The van der Waals surface area contributed by atoms with Gasteiger partial charge in [-0.1, -0.05) is 66.7 Å². The van der Waals surface area contributed by atoms with Crippen LogP contribution in [0.15, 0.2) is 91.0 Å². The number of nitrogens with one attached hydrogen (secondary N) is 1. The van der Waals surface area contributed by atoms with E-state index >= 15 is 0 Å². The number of alkyl halides is 3. The van der Waals surface area contributed by atoms with Crippen molar-refractivity contribution >= 4 is 23.6 Å². The van der Waals surface area contributed by atoms with Crippen LogP contribution in [0, 0.1) is 0 Å². The van der Waals surface area contributed by atoms with Gasteiger partial charge in [0.25, 0.3) is 5.91 Å². The maximum absolute atomic E-state index is 12.9. The molecule has 1 unspecified atom stereocenters. The van der Waals surface area contributed by atoms with E-state index < -0.39 is 29.7 Å². The number of carbonyl (C=O) groups is 2. The quantitative estimate of drug-likeness (QED) is 0.411. The van der Waals surface area contributed by atoms with Gasteiger partial charge in [0, 0.05) is 17.3 Å². The number of amides is 1. The van der Waals surface area contributed by atoms with Gasteiger partial charge in [0.05, 0.1) is 5.56 Å². The summed E-state index contributed by atoms with van der Waals surface area (Å²) < 4.78 is 44.1. The lowest BCUT2D eigenvalue weighted by molar-refractivity contribution is -0.149. The summed E-state index contributed by atoms with van der Waals surface area (Å²) in [5, 5.41) is 2.39. The van der Waals surface area contributed by atoms with Crippen LogP contribution in [-0.4, -0.2) is 11.9 Å². The lowest BCUT2D eigenvalue weighted by atomic mass is 10.1. The third-order valence-corrected chi connectivity index (χ3v) is 4.24. The standard InChI is InChI=1S/C24H18F3NO3/c25-24(26,27)19-12-7-13-20(16-19)28-23(30)22(18-10-5-2-6-11-18)31-21(29)15-14-17-8-3-1-4-9-17/h1-16,22H,(H,28,30)/b15-14+. The highest BCUT2D eigenvalue weighted by Crippen LogP contribution is 2.31. The molecule has 0 aliphatic carbocycles. The van der Waals surface area contributed by atoms with E-state index in [1.807, 2.05) is 6.07 Å². The van der Waals surface area contributed by atoms with Gasteiger partial charge in [0.2, 0.25) is 6.10 Å². The molecule has 0 spiro atoms. The highest BCUT2D eigenvalue weighted by atomic mass is 19.4. The molecule has 0 radical (unpaired) electrons. The molecular weight excluding hydrogens is 407 g/mol. The number of halogens is 3. The van der Waals surface area contributed by atoms with Crippen molar-refractivity contribution in [3.63, 3.8) is 0 Å². The SMILES string of the molecule is O=C(/C=C/c1ccccc1)OC(C(=O)Nc1cccc(C(F)(F)F)c1)c1ccccc1. The van der Waals surface area contributed by atoms with E-state index in [0.29, 0.717) is 5.56 Å². The smallest absolute Gasteiger partial charge is 0.416 e. The number of esters is 1. The van der Waals surface area contributed by atoms with Crippen molar-refractivity contribution in [2.75, 3.05) is 5.32 Å². The Balaban J connectivity index is 1.78. The first-order chi connectivity index (χ1) is 14.8. The number of rotatable bonds is 6. The van der Waals surface area contributed by atoms with Crippen molar-refractivity contribution < 1.29 is 27.5 Å².